The summed E-state index contributed by atoms with van der Waals surface area (Å²) in [6.45, 7) is 7.30. The van der Waals surface area contributed by atoms with Crippen LogP contribution in [0.4, 0.5) is 0 Å². The van der Waals surface area contributed by atoms with Crippen LogP contribution >= 0.6 is 0 Å². The largest absolute Gasteiger partial charge is 0.393 e. The Labute approximate surface area is 135 Å². The summed E-state index contributed by atoms with van der Waals surface area (Å²) in [6, 6.07) is 0. The Morgan fingerprint density at radius 1 is 0.909 bits per heavy atom. The molecule has 0 aromatic heterocycles. The van der Waals surface area contributed by atoms with Crippen LogP contribution in [0, 0.1) is 28.1 Å². The molecule has 3 saturated carbocycles. The Morgan fingerprint density at radius 2 is 1.64 bits per heavy atom. The number of aliphatic hydroxyl groups excluding tert-OH is 2. The highest BCUT2D eigenvalue weighted by Crippen LogP contribution is 2.70. The zero-order chi connectivity index (χ0) is 15.8. The van der Waals surface area contributed by atoms with Gasteiger partial charge in [-0.2, -0.15) is 0 Å². The van der Waals surface area contributed by atoms with Crippen LogP contribution in [0.15, 0.2) is 11.6 Å². The minimum absolute atomic E-state index is 0.107. The van der Waals surface area contributed by atoms with Gasteiger partial charge in [-0.05, 0) is 79.4 Å². The molecular weight excluding hydrogens is 272 g/mol. The molecule has 0 radical (unpaired) electrons. The van der Waals surface area contributed by atoms with Crippen LogP contribution in [-0.2, 0) is 0 Å². The zero-order valence-corrected chi connectivity index (χ0v) is 14.4. The number of hydrogen-bond donors (Lipinski definition) is 2. The molecule has 0 aromatic carbocycles. The first-order valence-corrected chi connectivity index (χ1v) is 9.37. The van der Waals surface area contributed by atoms with Gasteiger partial charge in [0.25, 0.3) is 0 Å². The lowest BCUT2D eigenvalue weighted by atomic mass is 9.43. The highest BCUT2D eigenvalue weighted by molar-refractivity contribution is 5.26. The predicted octanol–water partition coefficient (Wildman–Crippen LogP) is 4.06. The monoisotopic (exact) mass is 304 g/mol. The summed E-state index contributed by atoms with van der Waals surface area (Å²) in [7, 11) is 0. The van der Waals surface area contributed by atoms with Crippen LogP contribution in [-0.4, -0.2) is 22.4 Å². The summed E-state index contributed by atoms with van der Waals surface area (Å²) < 4.78 is 0. The van der Waals surface area contributed by atoms with E-state index in [9.17, 15) is 10.2 Å². The minimum Gasteiger partial charge on any atom is -0.393 e. The fourth-order valence-corrected chi connectivity index (χ4v) is 7.00. The molecule has 0 bridgehead atoms. The quantitative estimate of drug-likeness (QED) is 0.663. The normalized spacial score (nSPS) is 57.6. The molecule has 2 heteroatoms. The van der Waals surface area contributed by atoms with E-state index in [-0.39, 0.29) is 23.0 Å². The summed E-state index contributed by atoms with van der Waals surface area (Å²) >= 11 is 0. The molecule has 124 valence electrons. The molecule has 0 saturated heterocycles. The predicted molar refractivity (Wildman–Crippen MR) is 88.3 cm³/mol. The SMILES string of the molecule is C[C@]12CC[C@@H](O)CC1=CC[C@@H]1[C@@H]2CC[C@]2(C)[C@@H](O)CC[C@@]12C. The third-order valence-corrected chi connectivity index (χ3v) is 8.88. The van der Waals surface area contributed by atoms with Crippen molar-refractivity contribution >= 4 is 0 Å². The highest BCUT2D eigenvalue weighted by Gasteiger charge is 2.64. The van der Waals surface area contributed by atoms with Crippen LogP contribution < -0.4 is 0 Å². The van der Waals surface area contributed by atoms with E-state index in [2.05, 4.69) is 26.8 Å². The molecule has 0 aliphatic heterocycles. The maximum atomic E-state index is 10.6. The second-order valence-electron chi connectivity index (χ2n) is 9.42. The zero-order valence-electron chi connectivity index (χ0n) is 14.4. The van der Waals surface area contributed by atoms with Crippen molar-refractivity contribution < 1.29 is 10.2 Å². The van der Waals surface area contributed by atoms with Gasteiger partial charge in [0.2, 0.25) is 0 Å². The molecule has 2 N–H and O–H groups in total. The summed E-state index contributed by atoms with van der Waals surface area (Å²) in [4.78, 5) is 0. The van der Waals surface area contributed by atoms with E-state index in [0.717, 1.165) is 31.6 Å². The van der Waals surface area contributed by atoms with Crippen molar-refractivity contribution in [2.45, 2.75) is 84.3 Å². The first-order chi connectivity index (χ1) is 10.3. The fourth-order valence-electron chi connectivity index (χ4n) is 7.00. The molecule has 22 heavy (non-hydrogen) atoms. The topological polar surface area (TPSA) is 40.5 Å². The molecule has 3 fully saturated rings. The number of rotatable bonds is 0. The average molecular weight is 304 g/mol. The molecule has 4 aliphatic carbocycles. The van der Waals surface area contributed by atoms with Crippen molar-refractivity contribution in [2.75, 3.05) is 0 Å². The van der Waals surface area contributed by atoms with E-state index >= 15 is 0 Å². The Balaban J connectivity index is 1.73. The number of allylic oxidation sites excluding steroid dienone is 1. The lowest BCUT2D eigenvalue weighted by molar-refractivity contribution is -0.124. The van der Waals surface area contributed by atoms with Gasteiger partial charge in [0.1, 0.15) is 0 Å². The molecule has 0 spiro atoms. The van der Waals surface area contributed by atoms with E-state index in [1.165, 1.54) is 25.7 Å². The van der Waals surface area contributed by atoms with Gasteiger partial charge >= 0.3 is 0 Å². The molecule has 4 aliphatic rings. The molecule has 0 amide bonds. The Bertz CT molecular complexity index is 512. The van der Waals surface area contributed by atoms with E-state index < -0.39 is 0 Å². The van der Waals surface area contributed by atoms with Gasteiger partial charge < -0.3 is 10.2 Å². The Hall–Kier alpha value is -0.340. The standard InChI is InChI=1S/C20H32O2/c1-18-9-6-14(21)12-13(18)4-5-16-15(18)7-10-20(3)17(22)8-11-19(16,20)2/h4,14-17,21-22H,5-12H2,1-3H3/t14-,15+,16-,17+,18+,19+,20-/m1/s1. The minimum atomic E-state index is -0.117. The van der Waals surface area contributed by atoms with Gasteiger partial charge in [-0.1, -0.05) is 32.4 Å². The molecule has 2 nitrogen and oxygen atoms in total. The summed E-state index contributed by atoms with van der Waals surface area (Å²) in [5.41, 5.74) is 2.25. The number of hydrogen-bond acceptors (Lipinski definition) is 2. The van der Waals surface area contributed by atoms with Gasteiger partial charge in [-0.3, -0.25) is 0 Å². The smallest absolute Gasteiger partial charge is 0.0599 e. The van der Waals surface area contributed by atoms with Crippen molar-refractivity contribution in [3.05, 3.63) is 11.6 Å². The fraction of sp³-hybridized carbons (Fsp3) is 0.900. The molecule has 0 heterocycles. The van der Waals surface area contributed by atoms with E-state index in [4.69, 9.17) is 0 Å². The van der Waals surface area contributed by atoms with Crippen LogP contribution in [0.2, 0.25) is 0 Å². The lowest BCUT2D eigenvalue weighted by Crippen LogP contribution is -2.56. The summed E-state index contributed by atoms with van der Waals surface area (Å²) in [6.07, 6.45) is 11.1. The molecule has 7 atom stereocenters. The second kappa shape index (κ2) is 4.60. The Morgan fingerprint density at radius 3 is 2.41 bits per heavy atom. The van der Waals surface area contributed by atoms with E-state index in [1.54, 1.807) is 5.57 Å². The van der Waals surface area contributed by atoms with Crippen LogP contribution in [0.5, 0.6) is 0 Å². The Kier molecular flexibility index (Phi) is 3.18. The molecule has 4 rings (SSSR count). The van der Waals surface area contributed by atoms with Crippen molar-refractivity contribution in [3.8, 4) is 0 Å². The van der Waals surface area contributed by atoms with Crippen molar-refractivity contribution in [3.63, 3.8) is 0 Å². The number of aliphatic hydroxyl groups is 2. The van der Waals surface area contributed by atoms with Crippen LogP contribution in [0.3, 0.4) is 0 Å². The third kappa shape index (κ3) is 1.69. The van der Waals surface area contributed by atoms with Crippen LogP contribution in [0.25, 0.3) is 0 Å². The van der Waals surface area contributed by atoms with Gasteiger partial charge in [0.05, 0.1) is 12.2 Å². The van der Waals surface area contributed by atoms with Crippen molar-refractivity contribution in [1.29, 1.82) is 0 Å². The maximum Gasteiger partial charge on any atom is 0.0599 e. The first-order valence-electron chi connectivity index (χ1n) is 9.37. The number of fused-ring (bicyclic) bond motifs is 5. The van der Waals surface area contributed by atoms with Gasteiger partial charge in [0, 0.05) is 0 Å². The first kappa shape index (κ1) is 15.2. The van der Waals surface area contributed by atoms with Gasteiger partial charge in [-0.25, -0.2) is 0 Å². The van der Waals surface area contributed by atoms with Gasteiger partial charge in [0.15, 0.2) is 0 Å². The summed E-state index contributed by atoms with van der Waals surface area (Å²) in [5, 5.41) is 20.7. The van der Waals surface area contributed by atoms with Crippen molar-refractivity contribution in [2.24, 2.45) is 28.1 Å². The molecule has 0 aromatic rings. The third-order valence-electron chi connectivity index (χ3n) is 8.88. The second-order valence-corrected chi connectivity index (χ2v) is 9.42. The lowest BCUT2D eigenvalue weighted by Gasteiger charge is -2.62. The summed E-state index contributed by atoms with van der Waals surface area (Å²) in [5.74, 6) is 1.47. The molecular formula is C20H32O2. The van der Waals surface area contributed by atoms with Gasteiger partial charge in [-0.15, -0.1) is 0 Å². The average Bonchev–Trinajstić information content (AvgIpc) is 2.72. The van der Waals surface area contributed by atoms with E-state index in [1.807, 2.05) is 0 Å². The highest BCUT2D eigenvalue weighted by atomic mass is 16.3. The van der Waals surface area contributed by atoms with Crippen molar-refractivity contribution in [1.82, 2.24) is 0 Å². The van der Waals surface area contributed by atoms with E-state index in [0.29, 0.717) is 11.3 Å². The maximum absolute atomic E-state index is 10.6. The molecule has 0 unspecified atom stereocenters. The van der Waals surface area contributed by atoms with Crippen LogP contribution in [0.1, 0.15) is 72.1 Å².